The molecular formula is C24H22FN5O2S. The zero-order chi connectivity index (χ0) is 22.8. The molecule has 3 heterocycles. The van der Waals surface area contributed by atoms with Crippen LogP contribution in [0.2, 0.25) is 0 Å². The predicted octanol–water partition coefficient (Wildman–Crippen LogP) is 4.47. The highest BCUT2D eigenvalue weighted by Crippen LogP contribution is 2.31. The number of fused-ring (bicyclic) bond motifs is 1. The summed E-state index contributed by atoms with van der Waals surface area (Å²) in [4.78, 5) is 23.9. The van der Waals surface area contributed by atoms with E-state index in [1.165, 1.54) is 35.8 Å². The van der Waals surface area contributed by atoms with Gasteiger partial charge in [0.2, 0.25) is 0 Å². The third-order valence-electron chi connectivity index (χ3n) is 5.70. The van der Waals surface area contributed by atoms with Crippen LogP contribution in [-0.4, -0.2) is 36.3 Å². The third kappa shape index (κ3) is 4.42. The Morgan fingerprint density at radius 1 is 1.12 bits per heavy atom. The molecule has 0 radical (unpaired) electrons. The van der Waals surface area contributed by atoms with Gasteiger partial charge >= 0.3 is 0 Å². The number of nitrogens with zero attached hydrogens (tertiary/aromatic N) is 5. The zero-order valence-corrected chi connectivity index (χ0v) is 18.8. The number of halogens is 1. The Bertz CT molecular complexity index is 1260. The van der Waals surface area contributed by atoms with Crippen molar-refractivity contribution in [1.82, 2.24) is 23.8 Å². The van der Waals surface area contributed by atoms with Crippen LogP contribution in [0.15, 0.2) is 60.8 Å². The monoisotopic (exact) mass is 463 g/mol. The maximum absolute atomic E-state index is 13.2. The molecule has 4 aromatic rings. The van der Waals surface area contributed by atoms with Gasteiger partial charge in [0.25, 0.3) is 5.91 Å². The Morgan fingerprint density at radius 2 is 1.91 bits per heavy atom. The lowest BCUT2D eigenvalue weighted by Gasteiger charge is -2.35. The molecule has 1 aliphatic rings. The minimum Gasteiger partial charge on any atom is -0.369 e. The van der Waals surface area contributed by atoms with Crippen molar-refractivity contribution >= 4 is 17.4 Å². The Labute approximate surface area is 194 Å². The number of ether oxygens (including phenoxy) is 1. The fourth-order valence-corrected chi connectivity index (χ4v) is 4.64. The summed E-state index contributed by atoms with van der Waals surface area (Å²) >= 11 is 1.29. The predicted molar refractivity (Wildman–Crippen MR) is 122 cm³/mol. The molecule has 0 saturated heterocycles. The number of hydrogen-bond donors (Lipinski definition) is 0. The Kier molecular flexibility index (Phi) is 5.97. The van der Waals surface area contributed by atoms with Crippen LogP contribution in [0.3, 0.4) is 0 Å². The van der Waals surface area contributed by atoms with Crippen LogP contribution in [0, 0.1) is 5.82 Å². The van der Waals surface area contributed by atoms with E-state index in [1.807, 2.05) is 37.3 Å². The molecule has 5 rings (SSSR count). The first kappa shape index (κ1) is 21.4. The van der Waals surface area contributed by atoms with Gasteiger partial charge in [-0.05, 0) is 48.3 Å². The summed E-state index contributed by atoms with van der Waals surface area (Å²) in [5.74, 6) is 0.894. The van der Waals surface area contributed by atoms with Gasteiger partial charge in [0, 0.05) is 18.7 Å². The fourth-order valence-electron chi connectivity index (χ4n) is 3.96. The first-order valence-electron chi connectivity index (χ1n) is 10.7. The van der Waals surface area contributed by atoms with Crippen LogP contribution in [0.1, 0.15) is 40.4 Å². The molecule has 2 aromatic heterocycles. The number of benzene rings is 2. The highest BCUT2D eigenvalue weighted by Gasteiger charge is 2.31. The second-order valence-electron chi connectivity index (χ2n) is 7.83. The number of carbonyl (C=O) groups is 1. The minimum atomic E-state index is -0.358. The van der Waals surface area contributed by atoms with Crippen molar-refractivity contribution in [2.45, 2.75) is 32.7 Å². The van der Waals surface area contributed by atoms with Crippen molar-refractivity contribution in [2.24, 2.45) is 0 Å². The van der Waals surface area contributed by atoms with E-state index in [0.717, 1.165) is 22.1 Å². The summed E-state index contributed by atoms with van der Waals surface area (Å²) in [6.45, 7) is 3.93. The van der Waals surface area contributed by atoms with Gasteiger partial charge in [-0.15, -0.1) is 0 Å². The van der Waals surface area contributed by atoms with E-state index >= 15 is 0 Å². The van der Waals surface area contributed by atoms with Gasteiger partial charge in [0.1, 0.15) is 12.4 Å². The summed E-state index contributed by atoms with van der Waals surface area (Å²) in [6.07, 6.45) is 1.79. The lowest BCUT2D eigenvalue weighted by atomic mass is 10.1. The molecule has 1 unspecified atom stereocenters. The highest BCUT2D eigenvalue weighted by atomic mass is 32.1. The van der Waals surface area contributed by atoms with E-state index < -0.39 is 0 Å². The van der Waals surface area contributed by atoms with Crippen LogP contribution in [0.5, 0.6) is 0 Å². The molecule has 1 amide bonds. The molecule has 1 aliphatic heterocycles. The molecule has 168 valence electrons. The van der Waals surface area contributed by atoms with Gasteiger partial charge in [-0.3, -0.25) is 4.79 Å². The smallest absolute Gasteiger partial charge is 0.254 e. The van der Waals surface area contributed by atoms with Crippen LogP contribution >= 0.6 is 11.5 Å². The first-order valence-corrected chi connectivity index (χ1v) is 11.4. The maximum atomic E-state index is 13.2. The summed E-state index contributed by atoms with van der Waals surface area (Å²) < 4.78 is 25.5. The summed E-state index contributed by atoms with van der Waals surface area (Å²) in [7, 11) is 0. The maximum Gasteiger partial charge on any atom is 0.254 e. The van der Waals surface area contributed by atoms with Crippen molar-refractivity contribution in [1.29, 1.82) is 0 Å². The zero-order valence-electron chi connectivity index (χ0n) is 18.0. The quantitative estimate of drug-likeness (QED) is 0.422. The average Bonchev–Trinajstić information content (AvgIpc) is 3.47. The van der Waals surface area contributed by atoms with Crippen LogP contribution in [0.4, 0.5) is 4.39 Å². The summed E-state index contributed by atoms with van der Waals surface area (Å²) in [5.41, 5.74) is 2.51. The van der Waals surface area contributed by atoms with E-state index in [9.17, 15) is 9.18 Å². The number of aromatic nitrogens is 4. The van der Waals surface area contributed by atoms with E-state index in [-0.39, 0.29) is 17.8 Å². The molecule has 33 heavy (non-hydrogen) atoms. The SMILES string of the molecule is CC1c2cnc(-c3nc(COCc4ccccc4)ns3)n2CCN1C(=O)c1ccc(F)cc1. The van der Waals surface area contributed by atoms with Gasteiger partial charge in [-0.2, -0.15) is 4.37 Å². The standard InChI is InChI=1S/C24H22FN5O2S/c1-16-20-13-26-22(23-27-21(28-33-23)15-32-14-17-5-3-2-4-6-17)30(20)12-11-29(16)24(31)18-7-9-19(25)10-8-18/h2-10,13,16H,11-12,14-15H2,1H3. The highest BCUT2D eigenvalue weighted by molar-refractivity contribution is 7.09. The van der Waals surface area contributed by atoms with E-state index in [1.54, 1.807) is 11.1 Å². The second-order valence-corrected chi connectivity index (χ2v) is 8.59. The van der Waals surface area contributed by atoms with Crippen LogP contribution in [0.25, 0.3) is 10.8 Å². The largest absolute Gasteiger partial charge is 0.369 e. The minimum absolute atomic E-state index is 0.120. The number of rotatable bonds is 6. The third-order valence-corrected chi connectivity index (χ3v) is 6.45. The van der Waals surface area contributed by atoms with Gasteiger partial charge in [-0.1, -0.05) is 30.3 Å². The Balaban J connectivity index is 1.28. The molecule has 9 heteroatoms. The van der Waals surface area contributed by atoms with Gasteiger partial charge in [0.05, 0.1) is 24.5 Å². The summed E-state index contributed by atoms with van der Waals surface area (Å²) in [5, 5.41) is 0.727. The first-order chi connectivity index (χ1) is 16.1. The second kappa shape index (κ2) is 9.21. The number of hydrogen-bond acceptors (Lipinski definition) is 6. The molecule has 1 atom stereocenters. The van der Waals surface area contributed by atoms with E-state index in [0.29, 0.717) is 37.7 Å². The van der Waals surface area contributed by atoms with E-state index in [2.05, 4.69) is 18.9 Å². The molecule has 2 aromatic carbocycles. The molecule has 0 spiro atoms. The van der Waals surface area contributed by atoms with Gasteiger partial charge in [0.15, 0.2) is 16.7 Å². The molecule has 7 nitrogen and oxygen atoms in total. The van der Waals surface area contributed by atoms with Crippen molar-refractivity contribution in [3.8, 4) is 10.8 Å². The lowest BCUT2D eigenvalue weighted by Crippen LogP contribution is -2.41. The molecule has 0 saturated carbocycles. The van der Waals surface area contributed by atoms with Crippen molar-refractivity contribution < 1.29 is 13.9 Å². The van der Waals surface area contributed by atoms with Crippen molar-refractivity contribution in [3.63, 3.8) is 0 Å². The van der Waals surface area contributed by atoms with Crippen LogP contribution < -0.4 is 0 Å². The van der Waals surface area contributed by atoms with Gasteiger partial charge in [-0.25, -0.2) is 14.4 Å². The van der Waals surface area contributed by atoms with E-state index in [4.69, 9.17) is 4.74 Å². The lowest BCUT2D eigenvalue weighted by molar-refractivity contribution is 0.0644. The summed E-state index contributed by atoms with van der Waals surface area (Å²) in [6, 6.07) is 15.4. The Morgan fingerprint density at radius 3 is 2.70 bits per heavy atom. The average molecular weight is 464 g/mol. The van der Waals surface area contributed by atoms with Crippen molar-refractivity contribution in [2.75, 3.05) is 6.54 Å². The number of imidazole rings is 1. The topological polar surface area (TPSA) is 73.1 Å². The molecular weight excluding hydrogens is 441 g/mol. The normalized spacial score (nSPS) is 15.5. The molecule has 0 fully saturated rings. The number of amides is 1. The Hall–Kier alpha value is -3.43. The van der Waals surface area contributed by atoms with Crippen LogP contribution in [-0.2, 0) is 24.5 Å². The molecule has 0 bridgehead atoms. The fraction of sp³-hybridized carbons (Fsp3) is 0.250. The van der Waals surface area contributed by atoms with Crippen molar-refractivity contribution in [3.05, 3.63) is 89.3 Å². The molecule has 0 aliphatic carbocycles. The van der Waals surface area contributed by atoms with Gasteiger partial charge < -0.3 is 14.2 Å². The number of carbonyl (C=O) groups excluding carboxylic acids is 1. The molecule has 0 N–H and O–H groups in total.